The summed E-state index contributed by atoms with van der Waals surface area (Å²) in [6, 6.07) is 20.2. The highest BCUT2D eigenvalue weighted by atomic mass is 32.2. The Labute approximate surface area is 221 Å². The van der Waals surface area contributed by atoms with Crippen molar-refractivity contribution in [3.63, 3.8) is 0 Å². The van der Waals surface area contributed by atoms with E-state index in [1.807, 2.05) is 49.4 Å². The number of aliphatic hydroxyl groups is 1. The Hall–Kier alpha value is -2.72. The van der Waals surface area contributed by atoms with Gasteiger partial charge in [-0.3, -0.25) is 4.90 Å². The number of fused-ring (bicyclic) bond motifs is 1. The lowest BCUT2D eigenvalue weighted by Crippen LogP contribution is -2.67. The van der Waals surface area contributed by atoms with Crippen LogP contribution in [0.4, 0.5) is 13.2 Å². The summed E-state index contributed by atoms with van der Waals surface area (Å²) in [7, 11) is -4.39. The molecule has 1 N–H and O–H groups in total. The van der Waals surface area contributed by atoms with Crippen molar-refractivity contribution in [1.29, 1.82) is 0 Å². The number of hydrogen-bond acceptors (Lipinski definition) is 4. The first kappa shape index (κ1) is 26.9. The van der Waals surface area contributed by atoms with Crippen molar-refractivity contribution in [1.82, 2.24) is 9.21 Å². The number of nitrogens with zero attached hydrogens (tertiary/aromatic N) is 2. The largest absolute Gasteiger partial charge is 0.417 e. The molecule has 1 unspecified atom stereocenters. The van der Waals surface area contributed by atoms with E-state index in [9.17, 15) is 26.7 Å². The van der Waals surface area contributed by atoms with Crippen LogP contribution in [0.25, 0.3) is 11.1 Å². The highest BCUT2D eigenvalue weighted by molar-refractivity contribution is 7.89. The Morgan fingerprint density at radius 3 is 2.32 bits per heavy atom. The molecule has 2 heterocycles. The third kappa shape index (κ3) is 5.00. The van der Waals surface area contributed by atoms with Crippen molar-refractivity contribution >= 4 is 10.0 Å². The lowest BCUT2D eigenvalue weighted by atomic mass is 9.74. The van der Waals surface area contributed by atoms with Gasteiger partial charge in [0.05, 0.1) is 17.1 Å². The summed E-state index contributed by atoms with van der Waals surface area (Å²) in [4.78, 5) is 1.40. The van der Waals surface area contributed by atoms with Crippen molar-refractivity contribution < 1.29 is 26.7 Å². The Morgan fingerprint density at radius 1 is 0.921 bits per heavy atom. The summed E-state index contributed by atoms with van der Waals surface area (Å²) in [5, 5.41) is 10.2. The fraction of sp³-hybridized carbons (Fsp3) is 0.379. The van der Waals surface area contributed by atoms with Crippen molar-refractivity contribution in [2.45, 2.75) is 48.8 Å². The van der Waals surface area contributed by atoms with Gasteiger partial charge < -0.3 is 5.11 Å². The van der Waals surface area contributed by atoms with Crippen LogP contribution in [0.5, 0.6) is 0 Å². The molecular formula is C29H31F3N2O3S. The molecule has 0 amide bonds. The van der Waals surface area contributed by atoms with Crippen LogP contribution < -0.4 is 0 Å². The zero-order chi connectivity index (χ0) is 27.1. The van der Waals surface area contributed by atoms with Gasteiger partial charge in [-0.2, -0.15) is 17.5 Å². The molecule has 2 aliphatic rings. The van der Waals surface area contributed by atoms with Crippen LogP contribution >= 0.6 is 0 Å². The number of aliphatic hydroxyl groups excluding tert-OH is 1. The van der Waals surface area contributed by atoms with Crippen molar-refractivity contribution in [3.05, 3.63) is 89.5 Å². The molecule has 0 radical (unpaired) electrons. The molecule has 0 saturated carbocycles. The summed E-state index contributed by atoms with van der Waals surface area (Å²) < 4.78 is 69.4. The summed E-state index contributed by atoms with van der Waals surface area (Å²) in [6.45, 7) is 2.89. The summed E-state index contributed by atoms with van der Waals surface area (Å²) >= 11 is 0. The molecule has 5 nitrogen and oxygen atoms in total. The Kier molecular flexibility index (Phi) is 7.39. The van der Waals surface area contributed by atoms with Gasteiger partial charge >= 0.3 is 6.18 Å². The monoisotopic (exact) mass is 544 g/mol. The first-order valence-electron chi connectivity index (χ1n) is 12.8. The van der Waals surface area contributed by atoms with Crippen LogP contribution in [0, 0.1) is 6.92 Å². The number of sulfonamides is 1. The molecule has 0 spiro atoms. The zero-order valence-electron chi connectivity index (χ0n) is 21.1. The van der Waals surface area contributed by atoms with Gasteiger partial charge in [0.25, 0.3) is 0 Å². The third-order valence-corrected chi connectivity index (χ3v) is 9.71. The second-order valence-corrected chi connectivity index (χ2v) is 12.0. The van der Waals surface area contributed by atoms with Gasteiger partial charge in [-0.05, 0) is 55.1 Å². The number of hydrogen-bond donors (Lipinski definition) is 1. The summed E-state index contributed by atoms with van der Waals surface area (Å²) in [5.74, 6) is -0.139. The van der Waals surface area contributed by atoms with E-state index in [0.29, 0.717) is 19.4 Å². The minimum absolute atomic E-state index is 0.0648. The van der Waals surface area contributed by atoms with E-state index in [1.54, 1.807) is 0 Å². The molecule has 3 aromatic carbocycles. The standard InChI is InChI=1S/C29H31F3N2O3S/c1-20-7-6-8-23(17-20)21-11-13-22(14-12-21)28-25-18-33(15-4-5-16-34(25)26(28)19-35)38(36,37)27-10-3-2-9-24(27)29(30,31)32/h2-3,6-14,17,25-26,28,35H,4-5,15-16,18-19H2,1H3/t25-,26+,28?/m0/s1. The van der Waals surface area contributed by atoms with E-state index in [-0.39, 0.29) is 37.7 Å². The molecule has 2 saturated heterocycles. The summed E-state index contributed by atoms with van der Waals surface area (Å²) in [5.41, 5.74) is 3.14. The van der Waals surface area contributed by atoms with Crippen molar-refractivity contribution in [2.75, 3.05) is 26.2 Å². The van der Waals surface area contributed by atoms with Gasteiger partial charge in [-0.15, -0.1) is 0 Å². The highest BCUT2D eigenvalue weighted by Gasteiger charge is 2.50. The molecule has 3 atom stereocenters. The fourth-order valence-electron chi connectivity index (χ4n) is 5.91. The number of alkyl halides is 3. The van der Waals surface area contributed by atoms with E-state index < -0.39 is 26.7 Å². The van der Waals surface area contributed by atoms with Crippen LogP contribution in [0.1, 0.15) is 35.4 Å². The van der Waals surface area contributed by atoms with Crippen molar-refractivity contribution in [3.8, 4) is 11.1 Å². The molecule has 2 aliphatic heterocycles. The van der Waals surface area contributed by atoms with E-state index in [4.69, 9.17) is 0 Å². The number of rotatable bonds is 5. The van der Waals surface area contributed by atoms with Gasteiger partial charge in [0.2, 0.25) is 10.0 Å². The molecule has 0 aromatic heterocycles. The van der Waals surface area contributed by atoms with E-state index >= 15 is 0 Å². The Morgan fingerprint density at radius 2 is 1.63 bits per heavy atom. The maximum atomic E-state index is 13.7. The molecule has 3 aromatic rings. The fourth-order valence-corrected chi connectivity index (χ4v) is 7.62. The molecule has 5 rings (SSSR count). The zero-order valence-corrected chi connectivity index (χ0v) is 21.9. The summed E-state index contributed by atoms with van der Waals surface area (Å²) in [6.07, 6.45) is -3.55. The average Bonchev–Trinajstić information content (AvgIpc) is 2.87. The average molecular weight is 545 g/mol. The minimum atomic E-state index is -4.78. The molecule has 0 bridgehead atoms. The minimum Gasteiger partial charge on any atom is -0.395 e. The number of benzene rings is 3. The molecule has 38 heavy (non-hydrogen) atoms. The number of aryl methyl sites for hydroxylation is 1. The topological polar surface area (TPSA) is 60.9 Å². The lowest BCUT2D eigenvalue weighted by Gasteiger charge is -2.57. The van der Waals surface area contributed by atoms with Crippen LogP contribution in [0.3, 0.4) is 0 Å². The molecule has 202 valence electrons. The maximum absolute atomic E-state index is 13.7. The molecule has 2 fully saturated rings. The second-order valence-electron chi connectivity index (χ2n) is 10.1. The number of halogens is 3. The third-order valence-electron chi connectivity index (χ3n) is 7.79. The molecular weight excluding hydrogens is 513 g/mol. The smallest absolute Gasteiger partial charge is 0.395 e. The first-order valence-corrected chi connectivity index (χ1v) is 14.3. The van der Waals surface area contributed by atoms with E-state index in [2.05, 4.69) is 11.0 Å². The Balaban J connectivity index is 1.45. The van der Waals surface area contributed by atoms with Crippen LogP contribution in [-0.2, 0) is 16.2 Å². The van der Waals surface area contributed by atoms with Gasteiger partial charge in [0.1, 0.15) is 0 Å². The first-order chi connectivity index (χ1) is 18.1. The van der Waals surface area contributed by atoms with Gasteiger partial charge in [-0.1, -0.05) is 66.2 Å². The van der Waals surface area contributed by atoms with Gasteiger partial charge in [0.15, 0.2) is 0 Å². The second kappa shape index (κ2) is 10.4. The normalized spacial score (nSPS) is 23.2. The van der Waals surface area contributed by atoms with Crippen LogP contribution in [0.15, 0.2) is 77.7 Å². The van der Waals surface area contributed by atoms with Crippen LogP contribution in [-0.4, -0.2) is 61.1 Å². The lowest BCUT2D eigenvalue weighted by molar-refractivity contribution is -0.139. The predicted molar refractivity (Wildman–Crippen MR) is 140 cm³/mol. The van der Waals surface area contributed by atoms with Crippen LogP contribution in [0.2, 0.25) is 0 Å². The van der Waals surface area contributed by atoms with E-state index in [0.717, 1.165) is 34.4 Å². The quantitative estimate of drug-likeness (QED) is 0.474. The van der Waals surface area contributed by atoms with Crippen molar-refractivity contribution in [2.24, 2.45) is 0 Å². The maximum Gasteiger partial charge on any atom is 0.417 e. The van der Waals surface area contributed by atoms with Gasteiger partial charge in [-0.25, -0.2) is 8.42 Å². The van der Waals surface area contributed by atoms with E-state index in [1.165, 1.54) is 16.4 Å². The predicted octanol–water partition coefficient (Wildman–Crippen LogP) is 5.29. The molecule has 0 aliphatic carbocycles. The Bertz CT molecular complexity index is 1390. The van der Waals surface area contributed by atoms with Gasteiger partial charge in [0, 0.05) is 31.1 Å². The SMILES string of the molecule is Cc1cccc(-c2ccc(C3[C@@H](CO)N4CCCCN(S(=O)(=O)c5ccccc5C(F)(F)F)C[C@@H]34)cc2)c1. The molecule has 9 heteroatoms. The highest BCUT2D eigenvalue weighted by Crippen LogP contribution is 2.43.